The summed E-state index contributed by atoms with van der Waals surface area (Å²) in [5.74, 6) is 0.610. The predicted octanol–water partition coefficient (Wildman–Crippen LogP) is 1.70. The molecule has 3 N–H and O–H groups in total. The van der Waals surface area contributed by atoms with E-state index in [1.807, 2.05) is 18.2 Å². The van der Waals surface area contributed by atoms with Gasteiger partial charge in [0.2, 0.25) is 0 Å². The standard InChI is InChI=1S/C8H6BrN3/c9-4-1-2-5-6(3-4)8(11)12-7(5)10/h1-3H,(H3,10,11,12). The lowest BCUT2D eigenvalue weighted by Gasteiger charge is -1.95. The van der Waals surface area contributed by atoms with Gasteiger partial charge in [0, 0.05) is 15.6 Å². The van der Waals surface area contributed by atoms with Crippen molar-refractivity contribution in [2.45, 2.75) is 0 Å². The molecule has 1 heterocycles. The van der Waals surface area contributed by atoms with Crippen molar-refractivity contribution >= 4 is 27.6 Å². The second kappa shape index (κ2) is 2.42. The first-order chi connectivity index (χ1) is 5.68. The molecule has 0 aliphatic carbocycles. The molecule has 0 aromatic heterocycles. The molecule has 12 heavy (non-hydrogen) atoms. The molecule has 0 unspecified atom stereocenters. The zero-order chi connectivity index (χ0) is 8.72. The molecule has 60 valence electrons. The zero-order valence-corrected chi connectivity index (χ0v) is 7.70. The van der Waals surface area contributed by atoms with E-state index in [1.54, 1.807) is 0 Å². The van der Waals surface area contributed by atoms with Crippen LogP contribution in [0.3, 0.4) is 0 Å². The molecule has 4 heteroatoms. The third-order valence-corrected chi connectivity index (χ3v) is 2.26. The highest BCUT2D eigenvalue weighted by Gasteiger charge is 2.20. The number of benzene rings is 1. The Morgan fingerprint density at radius 3 is 2.50 bits per heavy atom. The van der Waals surface area contributed by atoms with E-state index in [2.05, 4.69) is 21.2 Å². The summed E-state index contributed by atoms with van der Waals surface area (Å²) in [4.78, 5) is 0. The molecule has 2 rings (SSSR count). The highest BCUT2D eigenvalue weighted by atomic mass is 79.9. The van der Waals surface area contributed by atoms with E-state index in [0.29, 0.717) is 11.7 Å². The van der Waals surface area contributed by atoms with Crippen LogP contribution in [0.25, 0.3) is 0 Å². The first-order valence-electron chi connectivity index (χ1n) is 3.43. The molecular weight excluding hydrogens is 218 g/mol. The van der Waals surface area contributed by atoms with Crippen molar-refractivity contribution in [1.29, 1.82) is 10.8 Å². The van der Waals surface area contributed by atoms with Gasteiger partial charge < -0.3 is 5.32 Å². The predicted molar refractivity (Wildman–Crippen MR) is 50.9 cm³/mol. The number of hydrogen-bond donors (Lipinski definition) is 3. The lowest BCUT2D eigenvalue weighted by atomic mass is 10.1. The maximum atomic E-state index is 7.48. The Balaban J connectivity index is 2.68. The Hall–Kier alpha value is -1.16. The zero-order valence-electron chi connectivity index (χ0n) is 6.11. The van der Waals surface area contributed by atoms with Gasteiger partial charge in [-0.05, 0) is 18.2 Å². The average Bonchev–Trinajstić information content (AvgIpc) is 2.28. The van der Waals surface area contributed by atoms with Crippen LogP contribution in [-0.4, -0.2) is 11.7 Å². The van der Waals surface area contributed by atoms with Crippen molar-refractivity contribution in [1.82, 2.24) is 5.32 Å². The lowest BCUT2D eigenvalue weighted by Crippen LogP contribution is -2.19. The maximum absolute atomic E-state index is 7.48. The van der Waals surface area contributed by atoms with Crippen molar-refractivity contribution in [2.24, 2.45) is 0 Å². The van der Waals surface area contributed by atoms with Gasteiger partial charge in [0.05, 0.1) is 0 Å². The Kier molecular flexibility index (Phi) is 1.51. The number of fused-ring (bicyclic) bond motifs is 1. The minimum atomic E-state index is 0.302. The monoisotopic (exact) mass is 223 g/mol. The summed E-state index contributed by atoms with van der Waals surface area (Å²) in [6, 6.07) is 5.54. The fraction of sp³-hybridized carbons (Fsp3) is 0. The first kappa shape index (κ1) is 7.49. The summed E-state index contributed by atoms with van der Waals surface area (Å²) in [6.07, 6.45) is 0. The van der Waals surface area contributed by atoms with Crippen molar-refractivity contribution in [2.75, 3.05) is 0 Å². The van der Waals surface area contributed by atoms with Crippen LogP contribution in [0, 0.1) is 10.8 Å². The minimum Gasteiger partial charge on any atom is -0.325 e. The van der Waals surface area contributed by atoms with Crippen LogP contribution >= 0.6 is 15.9 Å². The van der Waals surface area contributed by atoms with E-state index in [-0.39, 0.29) is 0 Å². The van der Waals surface area contributed by atoms with Gasteiger partial charge in [0.15, 0.2) is 0 Å². The van der Waals surface area contributed by atoms with Gasteiger partial charge in [-0.25, -0.2) is 0 Å². The largest absolute Gasteiger partial charge is 0.325 e. The van der Waals surface area contributed by atoms with Crippen molar-refractivity contribution in [3.05, 3.63) is 33.8 Å². The van der Waals surface area contributed by atoms with Crippen LogP contribution in [0.4, 0.5) is 0 Å². The summed E-state index contributed by atoms with van der Waals surface area (Å²) in [6.45, 7) is 0. The van der Waals surface area contributed by atoms with Crippen LogP contribution in [0.5, 0.6) is 0 Å². The molecule has 1 aromatic rings. The van der Waals surface area contributed by atoms with E-state index in [1.165, 1.54) is 0 Å². The molecule has 1 aromatic carbocycles. The Bertz CT molecular complexity index is 384. The molecule has 1 aliphatic heterocycles. The van der Waals surface area contributed by atoms with E-state index < -0.39 is 0 Å². The van der Waals surface area contributed by atoms with Crippen LogP contribution in [-0.2, 0) is 0 Å². The lowest BCUT2D eigenvalue weighted by molar-refractivity contribution is 1.29. The number of rotatable bonds is 0. The Labute approximate surface area is 77.9 Å². The third kappa shape index (κ3) is 0.956. The van der Waals surface area contributed by atoms with Crippen LogP contribution in [0.1, 0.15) is 11.1 Å². The normalized spacial score (nSPS) is 14.4. The summed E-state index contributed by atoms with van der Waals surface area (Å²) in [5.41, 5.74) is 1.58. The molecule has 0 fully saturated rings. The van der Waals surface area contributed by atoms with Gasteiger partial charge in [-0.1, -0.05) is 15.9 Å². The van der Waals surface area contributed by atoms with Gasteiger partial charge in [0.25, 0.3) is 0 Å². The minimum absolute atomic E-state index is 0.302. The summed E-state index contributed by atoms with van der Waals surface area (Å²) in [5, 5.41) is 17.6. The number of amidine groups is 2. The van der Waals surface area contributed by atoms with Crippen molar-refractivity contribution in [3.8, 4) is 0 Å². The van der Waals surface area contributed by atoms with Gasteiger partial charge in [-0.2, -0.15) is 0 Å². The van der Waals surface area contributed by atoms with Gasteiger partial charge >= 0.3 is 0 Å². The van der Waals surface area contributed by atoms with Crippen LogP contribution in [0.2, 0.25) is 0 Å². The number of nitrogens with one attached hydrogen (secondary N) is 3. The van der Waals surface area contributed by atoms with Crippen LogP contribution in [0.15, 0.2) is 22.7 Å². The van der Waals surface area contributed by atoms with E-state index in [9.17, 15) is 0 Å². The number of halogens is 1. The first-order valence-corrected chi connectivity index (χ1v) is 4.22. The van der Waals surface area contributed by atoms with E-state index >= 15 is 0 Å². The molecular formula is C8H6BrN3. The second-order valence-corrected chi connectivity index (χ2v) is 3.48. The van der Waals surface area contributed by atoms with Gasteiger partial charge in [-0.15, -0.1) is 0 Å². The molecule has 3 nitrogen and oxygen atoms in total. The molecule has 0 spiro atoms. The average molecular weight is 224 g/mol. The molecule has 0 saturated carbocycles. The van der Waals surface area contributed by atoms with E-state index in [0.717, 1.165) is 15.6 Å². The highest BCUT2D eigenvalue weighted by molar-refractivity contribution is 9.10. The molecule has 0 amide bonds. The SMILES string of the molecule is N=C1NC(=N)c2cc(Br)ccc21. The topological polar surface area (TPSA) is 59.7 Å². The summed E-state index contributed by atoms with van der Waals surface area (Å²) >= 11 is 3.32. The Morgan fingerprint density at radius 2 is 1.75 bits per heavy atom. The fourth-order valence-corrected chi connectivity index (χ4v) is 1.56. The quantitative estimate of drug-likeness (QED) is 0.617. The van der Waals surface area contributed by atoms with Crippen LogP contribution < -0.4 is 5.32 Å². The fourth-order valence-electron chi connectivity index (χ4n) is 1.20. The summed E-state index contributed by atoms with van der Waals surface area (Å²) < 4.78 is 0.933. The maximum Gasteiger partial charge on any atom is 0.131 e. The van der Waals surface area contributed by atoms with Crippen molar-refractivity contribution in [3.63, 3.8) is 0 Å². The molecule has 0 saturated heterocycles. The van der Waals surface area contributed by atoms with Crippen molar-refractivity contribution < 1.29 is 0 Å². The second-order valence-electron chi connectivity index (χ2n) is 2.56. The van der Waals surface area contributed by atoms with Gasteiger partial charge in [0.1, 0.15) is 11.7 Å². The Morgan fingerprint density at radius 1 is 1.08 bits per heavy atom. The third-order valence-electron chi connectivity index (χ3n) is 1.77. The van der Waals surface area contributed by atoms with Gasteiger partial charge in [-0.3, -0.25) is 10.8 Å². The molecule has 0 atom stereocenters. The molecule has 0 radical (unpaired) electrons. The molecule has 0 bridgehead atoms. The summed E-state index contributed by atoms with van der Waals surface area (Å²) in [7, 11) is 0. The molecule has 1 aliphatic rings. The highest BCUT2D eigenvalue weighted by Crippen LogP contribution is 2.20. The smallest absolute Gasteiger partial charge is 0.131 e. The van der Waals surface area contributed by atoms with E-state index in [4.69, 9.17) is 10.8 Å². The number of hydrogen-bond acceptors (Lipinski definition) is 2.